The highest BCUT2D eigenvalue weighted by Gasteiger charge is 2.14. The summed E-state index contributed by atoms with van der Waals surface area (Å²) in [5.41, 5.74) is 3.88. The average Bonchev–Trinajstić information content (AvgIpc) is 3.00. The van der Waals surface area contributed by atoms with E-state index in [-0.39, 0.29) is 5.56 Å². The van der Waals surface area contributed by atoms with Gasteiger partial charge >= 0.3 is 5.97 Å². The van der Waals surface area contributed by atoms with Crippen molar-refractivity contribution in [2.75, 3.05) is 5.32 Å². The van der Waals surface area contributed by atoms with E-state index in [2.05, 4.69) is 46.2 Å². The fourth-order valence-electron chi connectivity index (χ4n) is 3.06. The Kier molecular flexibility index (Phi) is 3.80. The number of hydrogen-bond donors (Lipinski definition) is 3. The average molecular weight is 346 g/mol. The third kappa shape index (κ3) is 2.75. The summed E-state index contributed by atoms with van der Waals surface area (Å²) >= 11 is 0. The van der Waals surface area contributed by atoms with E-state index >= 15 is 0 Å². The molecule has 2 aromatic heterocycles. The van der Waals surface area contributed by atoms with Crippen LogP contribution in [0.2, 0.25) is 0 Å². The summed E-state index contributed by atoms with van der Waals surface area (Å²) in [6, 6.07) is 13.2. The monoisotopic (exact) mass is 346 g/mol. The maximum Gasteiger partial charge on any atom is 0.335 e. The van der Waals surface area contributed by atoms with E-state index in [4.69, 9.17) is 0 Å². The van der Waals surface area contributed by atoms with Crippen LogP contribution in [0.3, 0.4) is 0 Å². The van der Waals surface area contributed by atoms with Gasteiger partial charge < -0.3 is 15.4 Å². The van der Waals surface area contributed by atoms with Gasteiger partial charge in [0.2, 0.25) is 0 Å². The molecule has 26 heavy (non-hydrogen) atoms. The number of carboxylic acid groups (broad SMARTS) is 1. The molecule has 0 aliphatic carbocycles. The molecule has 3 N–H and O–H groups in total. The van der Waals surface area contributed by atoms with Gasteiger partial charge in [-0.15, -0.1) is 0 Å². The van der Waals surface area contributed by atoms with Crippen molar-refractivity contribution in [3.8, 4) is 0 Å². The van der Waals surface area contributed by atoms with Crippen LogP contribution in [0.4, 0.5) is 11.5 Å². The van der Waals surface area contributed by atoms with Gasteiger partial charge in [0.15, 0.2) is 0 Å². The van der Waals surface area contributed by atoms with Gasteiger partial charge in [-0.05, 0) is 41.8 Å². The number of fused-ring (bicyclic) bond motifs is 3. The number of nitrogens with zero attached hydrogens (tertiary/aromatic N) is 2. The summed E-state index contributed by atoms with van der Waals surface area (Å²) in [7, 11) is 0. The molecule has 0 atom stereocenters. The van der Waals surface area contributed by atoms with E-state index in [1.165, 1.54) is 11.9 Å². The second kappa shape index (κ2) is 6.15. The van der Waals surface area contributed by atoms with E-state index in [0.29, 0.717) is 17.4 Å². The number of nitrogens with one attached hydrogen (secondary N) is 2. The first kappa shape index (κ1) is 16.1. The molecule has 4 aromatic rings. The van der Waals surface area contributed by atoms with Gasteiger partial charge in [0.05, 0.1) is 10.9 Å². The van der Waals surface area contributed by atoms with Crippen molar-refractivity contribution in [3.05, 3.63) is 59.9 Å². The Morgan fingerprint density at radius 2 is 2.00 bits per heavy atom. The number of aromatic carboxylic acids is 1. The zero-order valence-corrected chi connectivity index (χ0v) is 14.4. The Bertz CT molecular complexity index is 1130. The number of benzene rings is 2. The van der Waals surface area contributed by atoms with Crippen molar-refractivity contribution < 1.29 is 9.90 Å². The first-order chi connectivity index (χ1) is 12.5. The lowest BCUT2D eigenvalue weighted by atomic mass is 10.0. The number of carboxylic acids is 1. The molecule has 0 amide bonds. The third-order valence-electron chi connectivity index (χ3n) is 4.45. The van der Waals surface area contributed by atoms with E-state index < -0.39 is 5.97 Å². The van der Waals surface area contributed by atoms with Crippen LogP contribution in [-0.2, 0) is 0 Å². The molecule has 0 aliphatic heterocycles. The molecular weight excluding hydrogens is 328 g/mol. The van der Waals surface area contributed by atoms with Crippen molar-refractivity contribution in [2.24, 2.45) is 0 Å². The molecule has 2 heterocycles. The predicted octanol–water partition coefficient (Wildman–Crippen LogP) is 4.68. The lowest BCUT2D eigenvalue weighted by molar-refractivity contribution is 0.0697. The molecule has 0 aliphatic rings. The van der Waals surface area contributed by atoms with Crippen molar-refractivity contribution in [2.45, 2.75) is 19.8 Å². The molecule has 4 rings (SSSR count). The molecular formula is C20H18N4O2. The molecule has 0 spiro atoms. The Balaban J connectivity index is 1.87. The van der Waals surface area contributed by atoms with Crippen LogP contribution < -0.4 is 5.32 Å². The number of aromatic nitrogens is 3. The summed E-state index contributed by atoms with van der Waals surface area (Å²) in [6.07, 6.45) is 1.49. The number of carbonyl (C=O) groups is 1. The van der Waals surface area contributed by atoms with Crippen molar-refractivity contribution in [3.63, 3.8) is 0 Å². The van der Waals surface area contributed by atoms with Crippen molar-refractivity contribution >= 4 is 39.4 Å². The van der Waals surface area contributed by atoms with Gasteiger partial charge in [-0.2, -0.15) is 0 Å². The second-order valence-corrected chi connectivity index (χ2v) is 6.54. The smallest absolute Gasteiger partial charge is 0.335 e. The van der Waals surface area contributed by atoms with Crippen LogP contribution in [0.1, 0.15) is 35.7 Å². The zero-order valence-electron chi connectivity index (χ0n) is 14.4. The second-order valence-electron chi connectivity index (χ2n) is 6.54. The molecule has 0 radical (unpaired) electrons. The van der Waals surface area contributed by atoms with Gasteiger partial charge in [0.1, 0.15) is 17.8 Å². The van der Waals surface area contributed by atoms with E-state index in [1.54, 1.807) is 18.2 Å². The van der Waals surface area contributed by atoms with E-state index in [1.807, 2.05) is 12.1 Å². The normalized spacial score (nSPS) is 11.3. The fraction of sp³-hybridized carbons (Fsp3) is 0.150. The summed E-state index contributed by atoms with van der Waals surface area (Å²) < 4.78 is 0. The molecule has 0 saturated heterocycles. The number of aromatic amines is 1. The first-order valence-electron chi connectivity index (χ1n) is 8.39. The Labute approximate surface area is 149 Å². The molecule has 6 heteroatoms. The van der Waals surface area contributed by atoms with Crippen LogP contribution >= 0.6 is 0 Å². The van der Waals surface area contributed by atoms with Crippen LogP contribution in [-0.4, -0.2) is 26.0 Å². The van der Waals surface area contributed by atoms with Crippen LogP contribution in [0.15, 0.2) is 48.8 Å². The first-order valence-corrected chi connectivity index (χ1v) is 8.39. The molecule has 130 valence electrons. The lowest BCUT2D eigenvalue weighted by Crippen LogP contribution is -1.97. The van der Waals surface area contributed by atoms with Crippen molar-refractivity contribution in [1.29, 1.82) is 0 Å². The highest BCUT2D eigenvalue weighted by molar-refractivity contribution is 6.13. The van der Waals surface area contributed by atoms with E-state index in [0.717, 1.165) is 22.0 Å². The molecule has 0 fully saturated rings. The zero-order chi connectivity index (χ0) is 18.3. The lowest BCUT2D eigenvalue weighted by Gasteiger charge is -2.10. The minimum atomic E-state index is -0.961. The standard InChI is InChI=1S/C20H18N4O2/c1-11(2)12-4-3-5-14(8-12)23-18-17-15-9-13(20(25)26)6-7-16(15)24-19(17)22-10-21-18/h3-11H,1-2H3,(H,25,26)(H2,21,22,23,24). The summed E-state index contributed by atoms with van der Waals surface area (Å²) in [5.74, 6) is 0.107. The Hall–Kier alpha value is -3.41. The summed E-state index contributed by atoms with van der Waals surface area (Å²) in [6.45, 7) is 4.30. The Morgan fingerprint density at radius 3 is 2.77 bits per heavy atom. The summed E-state index contributed by atoms with van der Waals surface area (Å²) in [4.78, 5) is 23.2. The Morgan fingerprint density at radius 1 is 1.15 bits per heavy atom. The SMILES string of the molecule is CC(C)c1cccc(Nc2ncnc3[nH]c4ccc(C(=O)O)cc4c23)c1. The number of hydrogen-bond acceptors (Lipinski definition) is 4. The fourth-order valence-corrected chi connectivity index (χ4v) is 3.06. The summed E-state index contributed by atoms with van der Waals surface area (Å²) in [5, 5.41) is 14.2. The predicted molar refractivity (Wildman–Crippen MR) is 102 cm³/mol. The largest absolute Gasteiger partial charge is 0.478 e. The van der Waals surface area contributed by atoms with Crippen LogP contribution in [0.5, 0.6) is 0 Å². The number of rotatable bonds is 4. The third-order valence-corrected chi connectivity index (χ3v) is 4.45. The molecule has 6 nitrogen and oxygen atoms in total. The minimum absolute atomic E-state index is 0.231. The topological polar surface area (TPSA) is 90.9 Å². The number of anilines is 2. The highest BCUT2D eigenvalue weighted by Crippen LogP contribution is 2.31. The van der Waals surface area contributed by atoms with E-state index in [9.17, 15) is 9.90 Å². The van der Waals surface area contributed by atoms with Gasteiger partial charge in [0, 0.05) is 16.6 Å². The van der Waals surface area contributed by atoms with Gasteiger partial charge in [-0.1, -0.05) is 26.0 Å². The molecule has 2 aromatic carbocycles. The number of H-pyrrole nitrogens is 1. The highest BCUT2D eigenvalue weighted by atomic mass is 16.4. The molecule has 0 bridgehead atoms. The van der Waals surface area contributed by atoms with Crippen LogP contribution in [0, 0.1) is 0 Å². The van der Waals surface area contributed by atoms with Gasteiger partial charge in [0.25, 0.3) is 0 Å². The van der Waals surface area contributed by atoms with Gasteiger partial charge in [-0.3, -0.25) is 0 Å². The molecule has 0 unspecified atom stereocenters. The molecule has 0 saturated carbocycles. The van der Waals surface area contributed by atoms with Crippen LogP contribution in [0.25, 0.3) is 21.9 Å². The van der Waals surface area contributed by atoms with Gasteiger partial charge in [-0.25, -0.2) is 14.8 Å². The van der Waals surface area contributed by atoms with Crippen molar-refractivity contribution in [1.82, 2.24) is 15.0 Å². The maximum absolute atomic E-state index is 11.3. The maximum atomic E-state index is 11.3. The minimum Gasteiger partial charge on any atom is -0.478 e. The quantitative estimate of drug-likeness (QED) is 0.499.